The average Bonchev–Trinajstić information content (AvgIpc) is 3.42. The molecule has 6 heteroatoms. The Hall–Kier alpha value is 0.0131. The van der Waals surface area contributed by atoms with Gasteiger partial charge in [-0.15, -0.1) is 0 Å². The van der Waals surface area contributed by atoms with E-state index in [1.54, 1.807) is 0 Å². The molecule has 4 bridgehead atoms. The van der Waals surface area contributed by atoms with Gasteiger partial charge in [0, 0.05) is 0 Å². The zero-order chi connectivity index (χ0) is 22.8. The van der Waals surface area contributed by atoms with E-state index in [4.69, 9.17) is 0 Å². The van der Waals surface area contributed by atoms with Crippen molar-refractivity contribution < 1.29 is 71.2 Å². The molecular formula is C30H18Br2I2SZr. The summed E-state index contributed by atoms with van der Waals surface area (Å²) < 4.78 is 3.49. The van der Waals surface area contributed by atoms with E-state index in [0.717, 1.165) is 0 Å². The molecule has 0 aromatic heterocycles. The van der Waals surface area contributed by atoms with Crippen molar-refractivity contribution in [1.82, 2.24) is 0 Å². The molecule has 0 fully saturated rings. The minimum Gasteiger partial charge on any atom is -1.00 e. The first-order valence-electron chi connectivity index (χ1n) is 11.3. The average molecular weight is 915 g/mol. The van der Waals surface area contributed by atoms with Crippen LogP contribution in [0.1, 0.15) is 40.6 Å². The largest absolute Gasteiger partial charge is 1.00 e. The summed E-state index contributed by atoms with van der Waals surface area (Å²) in [6, 6.07) is 31.4. The van der Waals surface area contributed by atoms with Crippen LogP contribution in [0.15, 0.2) is 104 Å². The first kappa shape index (κ1) is 27.6. The second-order valence-corrected chi connectivity index (χ2v) is 15.3. The van der Waals surface area contributed by atoms with Gasteiger partial charge in [-0.3, -0.25) is 0 Å². The van der Waals surface area contributed by atoms with E-state index in [1.165, 1.54) is 63.3 Å². The van der Waals surface area contributed by atoms with E-state index in [9.17, 15) is 0 Å². The fourth-order valence-corrected chi connectivity index (χ4v) is 13.9. The number of rotatable bonds is 3. The van der Waals surface area contributed by atoms with Crippen molar-refractivity contribution in [2.75, 3.05) is 0 Å². The van der Waals surface area contributed by atoms with E-state index < -0.39 is 23.2 Å². The van der Waals surface area contributed by atoms with Crippen molar-refractivity contribution in [3.05, 3.63) is 127 Å². The monoisotopic (exact) mass is 912 g/mol. The topological polar surface area (TPSA) is 0 Å². The Morgan fingerprint density at radius 3 is 2.17 bits per heavy atom. The molecule has 0 saturated carbocycles. The molecule has 36 heavy (non-hydrogen) atoms. The molecule has 0 N–H and O–H groups in total. The van der Waals surface area contributed by atoms with Gasteiger partial charge in [0.15, 0.2) is 0 Å². The molecule has 2 atom stereocenters. The van der Waals surface area contributed by atoms with Crippen molar-refractivity contribution in [2.24, 2.45) is 0 Å². The Morgan fingerprint density at radius 2 is 1.33 bits per heavy atom. The van der Waals surface area contributed by atoms with Gasteiger partial charge in [-0.2, -0.15) is 0 Å². The summed E-state index contributed by atoms with van der Waals surface area (Å²) in [5.41, 5.74) is 11.6. The molecule has 2 unspecified atom stereocenters. The third-order valence-corrected chi connectivity index (χ3v) is 14.0. The Morgan fingerprint density at radius 1 is 0.639 bits per heavy atom. The summed E-state index contributed by atoms with van der Waals surface area (Å²) in [5.74, 6) is 0. The van der Waals surface area contributed by atoms with Gasteiger partial charge in [0.2, 0.25) is 0 Å². The van der Waals surface area contributed by atoms with E-state index in [-0.39, 0.29) is 48.0 Å². The van der Waals surface area contributed by atoms with Gasteiger partial charge in [-0.05, 0) is 0 Å². The van der Waals surface area contributed by atoms with Gasteiger partial charge in [0.1, 0.15) is 0 Å². The van der Waals surface area contributed by atoms with E-state index >= 15 is 0 Å². The molecule has 4 aromatic carbocycles. The standard InChI is InChI=1S/C15H8BrS.C15H10Br.2HI.Zr/c16-14-4-5-15-13-8-10(7-12(13)14)9-2-1-3-11(6-9)17-15;16-15-8-4-7-12-9-13(10-14(12)15)11-5-2-1-3-6-11;;;/h1-8H;1-10H;2*1H;/q;;;;+2/p-2. The zero-order valence-corrected chi connectivity index (χ0v) is 29.6. The molecule has 0 radical (unpaired) electrons. The van der Waals surface area contributed by atoms with Crippen molar-refractivity contribution in [2.45, 2.75) is 17.0 Å². The fourth-order valence-electron chi connectivity index (χ4n) is 5.42. The minimum absolute atomic E-state index is 0. The van der Waals surface area contributed by atoms with E-state index in [2.05, 4.69) is 129 Å². The maximum absolute atomic E-state index is 3.97. The zero-order valence-electron chi connectivity index (χ0n) is 18.8. The van der Waals surface area contributed by atoms with E-state index in [1.807, 2.05) is 11.8 Å². The van der Waals surface area contributed by atoms with Gasteiger partial charge in [0.05, 0.1) is 0 Å². The second-order valence-electron chi connectivity index (χ2n) is 8.84. The third-order valence-electron chi connectivity index (χ3n) is 6.93. The Kier molecular flexibility index (Phi) is 8.61. The quantitative estimate of drug-likeness (QED) is 0.284. The van der Waals surface area contributed by atoms with Crippen molar-refractivity contribution in [3.63, 3.8) is 0 Å². The molecule has 176 valence electrons. The summed E-state index contributed by atoms with van der Waals surface area (Å²) in [6.45, 7) is 0. The molecule has 3 aliphatic rings. The van der Waals surface area contributed by atoms with Gasteiger partial charge in [-0.25, -0.2) is 0 Å². The molecule has 1 aliphatic heterocycles. The number of fused-ring (bicyclic) bond motifs is 4. The van der Waals surface area contributed by atoms with Crippen LogP contribution in [-0.2, 0) is 23.2 Å². The van der Waals surface area contributed by atoms with Gasteiger partial charge in [0.25, 0.3) is 0 Å². The van der Waals surface area contributed by atoms with Gasteiger partial charge >= 0.3 is 234 Å². The van der Waals surface area contributed by atoms with Gasteiger partial charge in [-0.1, -0.05) is 0 Å². The van der Waals surface area contributed by atoms with Crippen LogP contribution in [0.3, 0.4) is 0 Å². The molecule has 0 saturated heterocycles. The molecule has 4 aromatic rings. The van der Waals surface area contributed by atoms with Crippen molar-refractivity contribution in [3.8, 4) is 0 Å². The molecule has 0 nitrogen and oxygen atoms in total. The third kappa shape index (κ3) is 4.68. The van der Waals surface area contributed by atoms with Crippen LogP contribution in [-0.4, -0.2) is 0 Å². The molecule has 0 amide bonds. The first-order chi connectivity index (χ1) is 16.7. The van der Waals surface area contributed by atoms with Crippen LogP contribution in [0.2, 0.25) is 0 Å². The summed E-state index contributed by atoms with van der Waals surface area (Å²) in [6.07, 6.45) is 4.94. The molecular weight excluding hydrogens is 897 g/mol. The summed E-state index contributed by atoms with van der Waals surface area (Å²) in [5, 5.41) is 0. The Balaban J connectivity index is 0.00000133. The number of allylic oxidation sites excluding steroid dienone is 2. The van der Waals surface area contributed by atoms with Crippen molar-refractivity contribution in [1.29, 1.82) is 0 Å². The van der Waals surface area contributed by atoms with Crippen LogP contribution in [0.4, 0.5) is 0 Å². The summed E-state index contributed by atoms with van der Waals surface area (Å²) >= 11 is 8.73. The summed E-state index contributed by atoms with van der Waals surface area (Å²) in [4.78, 5) is 2.71. The van der Waals surface area contributed by atoms with Crippen LogP contribution in [0, 0.1) is 0 Å². The summed E-state index contributed by atoms with van der Waals surface area (Å²) in [7, 11) is 0. The molecule has 2 aliphatic carbocycles. The first-order valence-corrected chi connectivity index (χ1v) is 16.6. The smallest absolute Gasteiger partial charge is 1.00 e. The molecule has 0 spiro atoms. The van der Waals surface area contributed by atoms with Crippen LogP contribution in [0.25, 0.3) is 23.3 Å². The number of hydrogen-bond donors (Lipinski definition) is 0. The van der Waals surface area contributed by atoms with E-state index in [0.29, 0.717) is 7.25 Å². The van der Waals surface area contributed by atoms with Gasteiger partial charge < -0.3 is 48.0 Å². The van der Waals surface area contributed by atoms with Crippen molar-refractivity contribution >= 4 is 66.9 Å². The van der Waals surface area contributed by atoms with Crippen LogP contribution < -0.4 is 48.0 Å². The Labute approximate surface area is 278 Å². The normalized spacial score (nSPS) is 17.9. The number of benzene rings is 4. The number of hydrogen-bond acceptors (Lipinski definition) is 1. The molecule has 7 rings (SSSR count). The second kappa shape index (κ2) is 11.2. The van der Waals surface area contributed by atoms with Crippen LogP contribution in [0.5, 0.6) is 0 Å². The van der Waals surface area contributed by atoms with Crippen LogP contribution >= 0.6 is 43.6 Å². The fraction of sp³-hybridized carbons (Fsp3) is 0.0667. The number of halogens is 4. The SMILES string of the molecule is Brc1cccc2c1[CH]([Zr+2][CH]1C3=Cc4c(ccc(Br)c41)Sc1cccc3c1)C(c1ccccc1)=C2.[I-].[I-]. The maximum atomic E-state index is 3.97. The predicted molar refractivity (Wildman–Crippen MR) is 147 cm³/mol. The minimum atomic E-state index is -1.06. The molecule has 1 heterocycles. The predicted octanol–water partition coefficient (Wildman–Crippen LogP) is 3.66. The Bertz CT molecular complexity index is 1550. The maximum Gasteiger partial charge on any atom is -1.00 e.